The molecule has 2 aliphatic rings. The number of nitrogens with one attached hydrogen (secondary N) is 2. The second-order valence-electron chi connectivity index (χ2n) is 16.6. The van der Waals surface area contributed by atoms with E-state index in [4.69, 9.17) is 33.2 Å². The first-order valence-electron chi connectivity index (χ1n) is 23.0. The largest absolute Gasteiger partial charge is 0.392 e. The number of anilines is 1. The Kier molecular flexibility index (Phi) is 19.4. The Balaban J connectivity index is 1.16. The summed E-state index contributed by atoms with van der Waals surface area (Å²) in [6.07, 6.45) is -1.67. The molecule has 2 fully saturated rings. The van der Waals surface area contributed by atoms with Crippen molar-refractivity contribution in [2.75, 3.05) is 91.0 Å². The first-order valence-corrected chi connectivity index (χ1v) is 24.4. The van der Waals surface area contributed by atoms with Gasteiger partial charge in [0.15, 0.2) is 6.29 Å². The van der Waals surface area contributed by atoms with E-state index < -0.39 is 40.5 Å². The number of aliphatic hydroxyl groups excluding tert-OH is 1. The van der Waals surface area contributed by atoms with Gasteiger partial charge < -0.3 is 43.6 Å². The van der Waals surface area contributed by atoms with Crippen LogP contribution < -0.4 is 10.0 Å². The van der Waals surface area contributed by atoms with Crippen molar-refractivity contribution < 1.29 is 51.5 Å². The maximum absolute atomic E-state index is 14.2. The van der Waals surface area contributed by atoms with E-state index in [0.717, 1.165) is 27.8 Å². The van der Waals surface area contributed by atoms with Gasteiger partial charge in [0.05, 0.1) is 89.8 Å². The second-order valence-corrected chi connectivity index (χ2v) is 18.3. The van der Waals surface area contributed by atoms with Crippen LogP contribution in [0.4, 0.5) is 5.69 Å². The summed E-state index contributed by atoms with van der Waals surface area (Å²) in [7, 11) is -4.06. The third-order valence-corrected chi connectivity index (χ3v) is 13.1. The number of carbonyl (C=O) groups excluding carboxylic acids is 1. The van der Waals surface area contributed by atoms with Crippen LogP contribution >= 0.6 is 0 Å². The van der Waals surface area contributed by atoms with Crippen molar-refractivity contribution in [1.82, 2.24) is 9.62 Å². The average Bonchev–Trinajstić information content (AvgIpc) is 3.35. The smallest absolute Gasteiger partial charge is 0.242 e. The SMILES string of the molecule is Cc1ccc(S(=O)(=O)N[C@H](Cc2ccccc2)C(=O)Nc2cccc(C3O[C@H](CN4CCOCCOCCOCCOCCOCC4)[C@@H](c4ccccc4)[C@H](c4ccc(CO)cc4)O3)c2)cc1. The molecule has 0 aromatic heterocycles. The summed E-state index contributed by atoms with van der Waals surface area (Å²) < 4.78 is 73.1. The van der Waals surface area contributed by atoms with Crippen LogP contribution in [0.25, 0.3) is 0 Å². The van der Waals surface area contributed by atoms with Crippen LogP contribution in [0.5, 0.6) is 0 Å². The maximum atomic E-state index is 14.2. The van der Waals surface area contributed by atoms with Crippen LogP contribution in [0, 0.1) is 6.92 Å². The Morgan fingerprint density at radius 3 is 1.81 bits per heavy atom. The van der Waals surface area contributed by atoms with Gasteiger partial charge in [-0.25, -0.2) is 8.42 Å². The van der Waals surface area contributed by atoms with Crippen molar-refractivity contribution in [3.05, 3.63) is 167 Å². The topological polar surface area (TPSA) is 163 Å². The fraction of sp³-hybridized carbons (Fsp3) is 0.404. The Morgan fingerprint density at radius 2 is 1.21 bits per heavy atom. The molecule has 1 unspecified atom stereocenters. The molecule has 5 aromatic rings. The minimum atomic E-state index is -4.06. The van der Waals surface area contributed by atoms with Crippen LogP contribution in [0.15, 0.2) is 138 Å². The molecule has 0 aliphatic carbocycles. The molecule has 2 heterocycles. The molecular weight excluding hydrogens is 875 g/mol. The normalized spacial score (nSPS) is 21.6. The summed E-state index contributed by atoms with van der Waals surface area (Å²) in [6.45, 7) is 8.15. The molecule has 5 atom stereocenters. The third kappa shape index (κ3) is 15.3. The average molecular weight is 938 g/mol. The minimum Gasteiger partial charge on any atom is -0.392 e. The molecule has 67 heavy (non-hydrogen) atoms. The van der Waals surface area contributed by atoms with E-state index in [1.54, 1.807) is 24.3 Å². The van der Waals surface area contributed by atoms with Gasteiger partial charge in [-0.2, -0.15) is 4.72 Å². The number of amides is 1. The number of ether oxygens (including phenoxy) is 7. The summed E-state index contributed by atoms with van der Waals surface area (Å²) in [6, 6.07) is 39.9. The lowest BCUT2D eigenvalue weighted by molar-refractivity contribution is -0.263. The van der Waals surface area contributed by atoms with E-state index in [9.17, 15) is 18.3 Å². The summed E-state index contributed by atoms with van der Waals surface area (Å²) in [4.78, 5) is 16.6. The van der Waals surface area contributed by atoms with Gasteiger partial charge >= 0.3 is 0 Å². The van der Waals surface area contributed by atoms with Crippen molar-refractivity contribution in [3.63, 3.8) is 0 Å². The Hall–Kier alpha value is -4.88. The number of carbonyl (C=O) groups is 1. The number of hydrogen-bond donors (Lipinski definition) is 3. The molecule has 3 N–H and O–H groups in total. The zero-order chi connectivity index (χ0) is 46.7. The van der Waals surface area contributed by atoms with Gasteiger partial charge in [-0.15, -0.1) is 0 Å². The Labute approximate surface area is 394 Å². The second kappa shape index (κ2) is 26.0. The third-order valence-electron chi connectivity index (χ3n) is 11.7. The molecule has 0 radical (unpaired) electrons. The number of nitrogens with zero attached hydrogens (tertiary/aromatic N) is 1. The highest BCUT2D eigenvalue weighted by atomic mass is 32.2. The van der Waals surface area contributed by atoms with Crippen molar-refractivity contribution in [3.8, 4) is 0 Å². The van der Waals surface area contributed by atoms with Crippen molar-refractivity contribution in [2.24, 2.45) is 0 Å². The molecule has 15 heteroatoms. The van der Waals surface area contributed by atoms with Gasteiger partial charge in [0.1, 0.15) is 6.04 Å². The number of hydrogen-bond acceptors (Lipinski definition) is 12. The molecule has 2 aliphatic heterocycles. The van der Waals surface area contributed by atoms with E-state index in [2.05, 4.69) is 27.1 Å². The van der Waals surface area contributed by atoms with E-state index in [1.807, 2.05) is 91.9 Å². The molecule has 1 amide bonds. The lowest BCUT2D eigenvalue weighted by atomic mass is 9.83. The molecule has 14 nitrogen and oxygen atoms in total. The van der Waals surface area contributed by atoms with Crippen LogP contribution in [0.1, 0.15) is 51.7 Å². The Bertz CT molecular complexity index is 2320. The molecule has 358 valence electrons. The fourth-order valence-electron chi connectivity index (χ4n) is 8.09. The van der Waals surface area contributed by atoms with Gasteiger partial charge in [-0.05, 0) is 59.9 Å². The number of aliphatic hydroxyl groups is 1. The van der Waals surface area contributed by atoms with Gasteiger partial charge in [-0.3, -0.25) is 9.69 Å². The summed E-state index contributed by atoms with van der Waals surface area (Å²) in [5.41, 5.74) is 5.53. The first-order chi connectivity index (χ1) is 32.8. The predicted octanol–water partition coefficient (Wildman–Crippen LogP) is 6.35. The quantitative estimate of drug-likeness (QED) is 0.120. The highest BCUT2D eigenvalue weighted by Crippen LogP contribution is 2.47. The van der Waals surface area contributed by atoms with Crippen molar-refractivity contribution in [2.45, 2.75) is 55.3 Å². The molecular formula is C52H63N3O11S. The van der Waals surface area contributed by atoms with E-state index in [-0.39, 0.29) is 23.8 Å². The summed E-state index contributed by atoms with van der Waals surface area (Å²) >= 11 is 0. The lowest BCUT2D eigenvalue weighted by Crippen LogP contribution is -2.46. The fourth-order valence-corrected chi connectivity index (χ4v) is 9.28. The minimum absolute atomic E-state index is 0.0664. The van der Waals surface area contributed by atoms with E-state index in [1.165, 1.54) is 12.1 Å². The van der Waals surface area contributed by atoms with E-state index in [0.29, 0.717) is 97.0 Å². The van der Waals surface area contributed by atoms with Crippen molar-refractivity contribution in [1.29, 1.82) is 0 Å². The molecule has 7 rings (SSSR count). The molecule has 0 bridgehead atoms. The zero-order valence-electron chi connectivity index (χ0n) is 38.1. The highest BCUT2D eigenvalue weighted by Gasteiger charge is 2.42. The molecule has 0 saturated carbocycles. The van der Waals surface area contributed by atoms with Crippen molar-refractivity contribution >= 4 is 21.6 Å². The highest BCUT2D eigenvalue weighted by molar-refractivity contribution is 7.89. The van der Waals surface area contributed by atoms with E-state index >= 15 is 0 Å². The van der Waals surface area contributed by atoms with Gasteiger partial charge in [0, 0.05) is 36.8 Å². The van der Waals surface area contributed by atoms with Crippen LogP contribution in [-0.2, 0) is 61.0 Å². The van der Waals surface area contributed by atoms with Crippen LogP contribution in [0.2, 0.25) is 0 Å². The number of sulfonamides is 1. The first kappa shape index (κ1) is 50.0. The van der Waals surface area contributed by atoms with Gasteiger partial charge in [0.2, 0.25) is 15.9 Å². The molecule has 5 aromatic carbocycles. The number of rotatable bonds is 13. The number of benzene rings is 5. The Morgan fingerprint density at radius 1 is 0.642 bits per heavy atom. The summed E-state index contributed by atoms with van der Waals surface area (Å²) in [5.74, 6) is -0.791. The van der Waals surface area contributed by atoms with Gasteiger partial charge in [0.25, 0.3) is 0 Å². The molecule has 0 spiro atoms. The standard InChI is InChI=1S/C52H63N3O11S/c1-39-15-21-46(22-16-39)67(58,59)54-47(35-40-9-4-2-5-10-40)51(57)53-45-14-8-13-44(36-45)52-65-48(37-55-23-25-60-27-29-62-31-33-64-34-32-63-30-28-61-26-24-55)49(42-11-6-3-7-12-42)50(66-52)43-19-17-41(38-56)18-20-43/h2-22,36,47-50,52,54,56H,23-35,37-38H2,1H3,(H,53,57)/t47-,48-,49-,50+,52?/m1/s1. The maximum Gasteiger partial charge on any atom is 0.242 e. The summed E-state index contributed by atoms with van der Waals surface area (Å²) in [5, 5.41) is 12.9. The zero-order valence-corrected chi connectivity index (χ0v) is 38.9. The van der Waals surface area contributed by atoms with Gasteiger partial charge in [-0.1, -0.05) is 115 Å². The lowest BCUT2D eigenvalue weighted by Gasteiger charge is -2.44. The molecule has 2 saturated heterocycles. The monoisotopic (exact) mass is 937 g/mol. The van der Waals surface area contributed by atoms with Crippen LogP contribution in [0.3, 0.4) is 0 Å². The van der Waals surface area contributed by atoms with Crippen LogP contribution in [-0.4, -0.2) is 122 Å². The number of aryl methyl sites for hydroxylation is 1. The predicted molar refractivity (Wildman–Crippen MR) is 254 cm³/mol.